The molecule has 2 aromatic rings. The summed E-state index contributed by atoms with van der Waals surface area (Å²) in [6.45, 7) is 1.46. The zero-order chi connectivity index (χ0) is 14.7. The molecule has 1 aliphatic rings. The normalized spacial score (nSPS) is 15.4. The molecule has 0 atom stereocenters. The van der Waals surface area contributed by atoms with Crippen molar-refractivity contribution in [3.63, 3.8) is 0 Å². The average Bonchev–Trinajstić information content (AvgIpc) is 2.96. The van der Waals surface area contributed by atoms with Crippen molar-refractivity contribution in [3.8, 4) is 5.69 Å². The first kappa shape index (κ1) is 13.2. The second-order valence-electron chi connectivity index (χ2n) is 4.69. The van der Waals surface area contributed by atoms with Crippen LogP contribution in [0.25, 0.3) is 5.69 Å². The molecule has 0 spiro atoms. The van der Waals surface area contributed by atoms with Gasteiger partial charge in [-0.1, -0.05) is 0 Å². The van der Waals surface area contributed by atoms with Gasteiger partial charge in [0.15, 0.2) is 0 Å². The molecule has 21 heavy (non-hydrogen) atoms. The first-order valence-corrected chi connectivity index (χ1v) is 6.63. The average molecular weight is 286 g/mol. The number of carbonyl (C=O) groups excluding carboxylic acids is 2. The fraction of sp³-hybridized carbons (Fsp3) is 0.308. The Morgan fingerprint density at radius 2 is 2.00 bits per heavy atom. The number of hydrogen-bond acceptors (Lipinski definition) is 5. The van der Waals surface area contributed by atoms with Crippen molar-refractivity contribution in [2.45, 2.75) is 6.42 Å². The summed E-state index contributed by atoms with van der Waals surface area (Å²) >= 11 is 0. The smallest absolute Gasteiger partial charge is 0.253 e. The standard InChI is InChI=1S/C13H14N6O2/c20-12-5-7-18(8-6-14-12)13(21)10-1-3-11(4-2-10)19-9-15-16-17-19/h1-4,9H,5-8H2,(H,14,20). The van der Waals surface area contributed by atoms with E-state index in [2.05, 4.69) is 20.8 Å². The largest absolute Gasteiger partial charge is 0.354 e. The highest BCUT2D eigenvalue weighted by Gasteiger charge is 2.19. The second-order valence-corrected chi connectivity index (χ2v) is 4.69. The maximum atomic E-state index is 12.4. The Balaban J connectivity index is 1.74. The summed E-state index contributed by atoms with van der Waals surface area (Å²) in [6, 6.07) is 7.04. The van der Waals surface area contributed by atoms with Crippen LogP contribution in [0.5, 0.6) is 0 Å². The lowest BCUT2D eigenvalue weighted by atomic mass is 10.1. The number of nitrogens with zero attached hydrogens (tertiary/aromatic N) is 5. The molecule has 0 aliphatic carbocycles. The third kappa shape index (κ3) is 2.88. The van der Waals surface area contributed by atoms with Crippen LogP contribution in [0.4, 0.5) is 0 Å². The third-order valence-electron chi connectivity index (χ3n) is 3.33. The molecule has 1 N–H and O–H groups in total. The van der Waals surface area contributed by atoms with Gasteiger partial charge in [0.2, 0.25) is 5.91 Å². The Hall–Kier alpha value is -2.77. The molecule has 0 radical (unpaired) electrons. The number of rotatable bonds is 2. The lowest BCUT2D eigenvalue weighted by Crippen LogP contribution is -2.34. The molecule has 8 heteroatoms. The number of hydrogen-bond donors (Lipinski definition) is 1. The summed E-state index contributed by atoms with van der Waals surface area (Å²) in [7, 11) is 0. The van der Waals surface area contributed by atoms with Crippen LogP contribution < -0.4 is 5.32 Å². The summed E-state index contributed by atoms with van der Waals surface area (Å²) in [5.41, 5.74) is 1.37. The molecular formula is C13H14N6O2. The number of amides is 2. The Morgan fingerprint density at radius 3 is 2.71 bits per heavy atom. The summed E-state index contributed by atoms with van der Waals surface area (Å²) in [5.74, 6) is -0.0888. The molecule has 2 amide bonds. The fourth-order valence-electron chi connectivity index (χ4n) is 2.19. The number of benzene rings is 1. The molecule has 108 valence electrons. The summed E-state index contributed by atoms with van der Waals surface area (Å²) in [4.78, 5) is 25.4. The fourth-order valence-corrected chi connectivity index (χ4v) is 2.19. The van der Waals surface area contributed by atoms with Crippen LogP contribution in [0.15, 0.2) is 30.6 Å². The zero-order valence-corrected chi connectivity index (χ0v) is 11.3. The number of carbonyl (C=O) groups is 2. The lowest BCUT2D eigenvalue weighted by Gasteiger charge is -2.19. The topological polar surface area (TPSA) is 93.0 Å². The predicted molar refractivity (Wildman–Crippen MR) is 72.7 cm³/mol. The van der Waals surface area contributed by atoms with Gasteiger partial charge in [0, 0.05) is 31.6 Å². The quantitative estimate of drug-likeness (QED) is 0.812. The van der Waals surface area contributed by atoms with Crippen molar-refractivity contribution >= 4 is 11.8 Å². The van der Waals surface area contributed by atoms with Crippen LogP contribution >= 0.6 is 0 Å². The monoisotopic (exact) mass is 286 g/mol. The van der Waals surface area contributed by atoms with Gasteiger partial charge in [-0.15, -0.1) is 5.10 Å². The van der Waals surface area contributed by atoms with Gasteiger partial charge in [0.25, 0.3) is 5.91 Å². The van der Waals surface area contributed by atoms with E-state index < -0.39 is 0 Å². The van der Waals surface area contributed by atoms with E-state index in [1.807, 2.05) is 0 Å². The predicted octanol–water partition coefficient (Wildman–Crippen LogP) is -0.376. The Kier molecular flexibility index (Phi) is 3.59. The number of nitrogens with one attached hydrogen (secondary N) is 1. The second kappa shape index (κ2) is 5.70. The number of aromatic nitrogens is 4. The van der Waals surface area contributed by atoms with E-state index in [9.17, 15) is 9.59 Å². The highest BCUT2D eigenvalue weighted by atomic mass is 16.2. The highest BCUT2D eigenvalue weighted by Crippen LogP contribution is 2.11. The molecule has 2 heterocycles. The van der Waals surface area contributed by atoms with Gasteiger partial charge in [-0.25, -0.2) is 4.68 Å². The molecule has 8 nitrogen and oxygen atoms in total. The molecule has 0 unspecified atom stereocenters. The first-order chi connectivity index (χ1) is 10.2. The van der Waals surface area contributed by atoms with Crippen molar-refractivity contribution in [2.75, 3.05) is 19.6 Å². The molecule has 0 bridgehead atoms. The summed E-state index contributed by atoms with van der Waals surface area (Å²) in [6.07, 6.45) is 1.83. The van der Waals surface area contributed by atoms with Gasteiger partial charge in [0.1, 0.15) is 6.33 Å². The van der Waals surface area contributed by atoms with Crippen LogP contribution in [0.2, 0.25) is 0 Å². The number of tetrazole rings is 1. The highest BCUT2D eigenvalue weighted by molar-refractivity contribution is 5.94. The van der Waals surface area contributed by atoms with Crippen molar-refractivity contribution in [3.05, 3.63) is 36.2 Å². The summed E-state index contributed by atoms with van der Waals surface area (Å²) in [5, 5.41) is 13.7. The van der Waals surface area contributed by atoms with Crippen LogP contribution in [0, 0.1) is 0 Å². The van der Waals surface area contributed by atoms with Crippen molar-refractivity contribution in [1.29, 1.82) is 0 Å². The zero-order valence-electron chi connectivity index (χ0n) is 11.3. The molecule has 3 rings (SSSR count). The van der Waals surface area contributed by atoms with E-state index >= 15 is 0 Å². The van der Waals surface area contributed by atoms with Crippen molar-refractivity contribution < 1.29 is 9.59 Å². The Labute approximate surface area is 120 Å². The molecule has 1 aliphatic heterocycles. The van der Waals surface area contributed by atoms with Gasteiger partial charge >= 0.3 is 0 Å². The maximum absolute atomic E-state index is 12.4. The van der Waals surface area contributed by atoms with E-state index in [-0.39, 0.29) is 11.8 Å². The lowest BCUT2D eigenvalue weighted by molar-refractivity contribution is -0.120. The van der Waals surface area contributed by atoms with E-state index in [0.717, 1.165) is 5.69 Å². The van der Waals surface area contributed by atoms with E-state index in [0.29, 0.717) is 31.6 Å². The van der Waals surface area contributed by atoms with Crippen molar-refractivity contribution in [1.82, 2.24) is 30.4 Å². The Bertz CT molecular complexity index is 637. The molecule has 1 fully saturated rings. The minimum atomic E-state index is -0.0743. The minimum absolute atomic E-state index is 0.0145. The molecule has 1 saturated heterocycles. The molecule has 1 aromatic carbocycles. The van der Waals surface area contributed by atoms with E-state index in [4.69, 9.17) is 0 Å². The van der Waals surface area contributed by atoms with Gasteiger partial charge in [0.05, 0.1) is 5.69 Å². The van der Waals surface area contributed by atoms with Crippen LogP contribution in [0.1, 0.15) is 16.8 Å². The van der Waals surface area contributed by atoms with Crippen molar-refractivity contribution in [2.24, 2.45) is 0 Å². The summed E-state index contributed by atoms with van der Waals surface area (Å²) < 4.78 is 1.52. The SMILES string of the molecule is O=C1CCN(C(=O)c2ccc(-n3cnnn3)cc2)CCN1. The van der Waals surface area contributed by atoms with Crippen LogP contribution in [0.3, 0.4) is 0 Å². The Morgan fingerprint density at radius 1 is 1.19 bits per heavy atom. The maximum Gasteiger partial charge on any atom is 0.253 e. The van der Waals surface area contributed by atoms with Gasteiger partial charge in [-0.3, -0.25) is 9.59 Å². The van der Waals surface area contributed by atoms with Gasteiger partial charge < -0.3 is 10.2 Å². The van der Waals surface area contributed by atoms with Crippen LogP contribution in [-0.4, -0.2) is 56.6 Å². The third-order valence-corrected chi connectivity index (χ3v) is 3.33. The molecular weight excluding hydrogens is 272 g/mol. The first-order valence-electron chi connectivity index (χ1n) is 6.63. The van der Waals surface area contributed by atoms with E-state index in [1.165, 1.54) is 11.0 Å². The molecule has 0 saturated carbocycles. The minimum Gasteiger partial charge on any atom is -0.354 e. The van der Waals surface area contributed by atoms with Gasteiger partial charge in [-0.2, -0.15) is 0 Å². The van der Waals surface area contributed by atoms with Gasteiger partial charge in [-0.05, 0) is 34.7 Å². The van der Waals surface area contributed by atoms with Crippen LogP contribution in [-0.2, 0) is 4.79 Å². The van der Waals surface area contributed by atoms with E-state index in [1.54, 1.807) is 29.2 Å². The molecule has 1 aromatic heterocycles.